The van der Waals surface area contributed by atoms with Gasteiger partial charge < -0.3 is 29.2 Å². The average molecular weight is 450 g/mol. The van der Waals surface area contributed by atoms with Gasteiger partial charge in [-0.25, -0.2) is 4.98 Å². The molecule has 0 aliphatic rings. The van der Waals surface area contributed by atoms with Gasteiger partial charge in [0.15, 0.2) is 11.5 Å². The Morgan fingerprint density at radius 2 is 1.73 bits per heavy atom. The lowest BCUT2D eigenvalue weighted by Crippen LogP contribution is -2.27. The first kappa shape index (κ1) is 22.4. The molecule has 2 N–H and O–H groups in total. The second-order valence-electron chi connectivity index (χ2n) is 7.41. The van der Waals surface area contributed by atoms with Crippen molar-refractivity contribution in [1.82, 2.24) is 14.9 Å². The fourth-order valence-corrected chi connectivity index (χ4v) is 4.20. The first-order valence-corrected chi connectivity index (χ1v) is 10.7. The maximum absolute atomic E-state index is 12.8. The highest BCUT2D eigenvalue weighted by Gasteiger charge is 2.22. The third-order valence-electron chi connectivity index (χ3n) is 5.63. The van der Waals surface area contributed by atoms with Crippen molar-refractivity contribution in [3.8, 4) is 28.5 Å². The molecule has 0 atom stereocenters. The van der Waals surface area contributed by atoms with Crippen molar-refractivity contribution in [2.75, 3.05) is 34.5 Å². The number of nitrogens with one attached hydrogen (secondary N) is 1. The molecule has 0 unspecified atom stereocenters. The summed E-state index contributed by atoms with van der Waals surface area (Å²) in [5.74, 6) is 1.12. The van der Waals surface area contributed by atoms with Crippen molar-refractivity contribution in [3.63, 3.8) is 0 Å². The largest absolute Gasteiger partial charge is 0.493 e. The highest BCUT2D eigenvalue weighted by atomic mass is 16.5. The summed E-state index contributed by atoms with van der Waals surface area (Å²) >= 11 is 0. The number of carbonyl (C=O) groups excluding carboxylic acids is 1. The zero-order chi connectivity index (χ0) is 23.5. The molecule has 0 saturated carbocycles. The number of rotatable bonds is 8. The number of pyridine rings is 1. The maximum Gasteiger partial charge on any atom is 0.270 e. The number of methoxy groups -OCH3 is 3. The number of aliphatic hydroxyl groups excluding tert-OH is 1. The van der Waals surface area contributed by atoms with Crippen molar-refractivity contribution < 1.29 is 24.1 Å². The van der Waals surface area contributed by atoms with Gasteiger partial charge in [-0.2, -0.15) is 0 Å². The lowest BCUT2D eigenvalue weighted by molar-refractivity contribution is 0.0940. The Balaban J connectivity index is 2.09. The Kier molecular flexibility index (Phi) is 6.37. The third kappa shape index (κ3) is 3.82. The molecule has 8 heteroatoms. The molecular formula is C25H27N3O5. The number of fused-ring (bicyclic) bond motifs is 3. The van der Waals surface area contributed by atoms with E-state index < -0.39 is 0 Å². The summed E-state index contributed by atoms with van der Waals surface area (Å²) in [7, 11) is 4.68. The van der Waals surface area contributed by atoms with Gasteiger partial charge in [-0.15, -0.1) is 0 Å². The fourth-order valence-electron chi connectivity index (χ4n) is 4.20. The molecule has 4 rings (SSSR count). The van der Waals surface area contributed by atoms with Crippen LogP contribution in [0.25, 0.3) is 33.1 Å². The number of aromatic nitrogens is 2. The van der Waals surface area contributed by atoms with E-state index in [1.165, 1.54) is 0 Å². The van der Waals surface area contributed by atoms with E-state index in [2.05, 4.69) is 22.9 Å². The van der Waals surface area contributed by atoms with Crippen molar-refractivity contribution in [2.24, 2.45) is 0 Å². The highest BCUT2D eigenvalue weighted by Crippen LogP contribution is 2.43. The lowest BCUT2D eigenvalue weighted by Gasteiger charge is -2.16. The van der Waals surface area contributed by atoms with Crippen molar-refractivity contribution in [3.05, 3.63) is 48.2 Å². The first-order chi connectivity index (χ1) is 16.1. The molecule has 172 valence electrons. The van der Waals surface area contributed by atoms with Crippen LogP contribution in [0.5, 0.6) is 17.2 Å². The number of aryl methyl sites for hydroxylation is 1. The Morgan fingerprint density at radius 1 is 1.03 bits per heavy atom. The van der Waals surface area contributed by atoms with Gasteiger partial charge in [0, 0.05) is 34.9 Å². The quantitative estimate of drug-likeness (QED) is 0.427. The number of carbonyl (C=O) groups is 1. The van der Waals surface area contributed by atoms with Gasteiger partial charge in [-0.3, -0.25) is 4.79 Å². The number of hydrogen-bond acceptors (Lipinski definition) is 6. The highest BCUT2D eigenvalue weighted by molar-refractivity contribution is 6.14. The number of para-hydroxylation sites is 1. The summed E-state index contributed by atoms with van der Waals surface area (Å²) in [6, 6.07) is 13.5. The van der Waals surface area contributed by atoms with E-state index in [4.69, 9.17) is 24.3 Å². The standard InChI is InChI=1S/C25H27N3O5/c1-5-28-19-9-7-6-8-16(19)17-14-18(25(30)26-10-11-29)27-22(23(17)28)15-12-20(31-2)24(33-4)21(13-15)32-3/h6-9,12-14,29H,5,10-11H2,1-4H3,(H,26,30). The van der Waals surface area contributed by atoms with Crippen LogP contribution in [0.15, 0.2) is 42.5 Å². The zero-order valence-corrected chi connectivity index (χ0v) is 19.1. The van der Waals surface area contributed by atoms with E-state index in [1.807, 2.05) is 30.3 Å². The molecule has 0 aliphatic heterocycles. The predicted molar refractivity (Wildman–Crippen MR) is 127 cm³/mol. The summed E-state index contributed by atoms with van der Waals surface area (Å²) in [5.41, 5.74) is 3.58. The number of amides is 1. The SMILES string of the molecule is CCn1c2ccccc2c2cc(C(=O)NCCO)nc(-c3cc(OC)c(OC)c(OC)c3)c21. The van der Waals surface area contributed by atoms with E-state index >= 15 is 0 Å². The topological polar surface area (TPSA) is 94.8 Å². The summed E-state index contributed by atoms with van der Waals surface area (Å²) in [6.45, 7) is 2.80. The zero-order valence-electron chi connectivity index (χ0n) is 19.1. The van der Waals surface area contributed by atoms with Crippen LogP contribution in [-0.4, -0.2) is 55.0 Å². The number of ether oxygens (including phenoxy) is 3. The van der Waals surface area contributed by atoms with Gasteiger partial charge in [-0.05, 0) is 31.2 Å². The Labute approximate surface area is 191 Å². The number of benzene rings is 2. The average Bonchev–Trinajstić information content (AvgIpc) is 3.19. The Morgan fingerprint density at radius 3 is 2.33 bits per heavy atom. The summed E-state index contributed by atoms with van der Waals surface area (Å²) in [6.07, 6.45) is 0. The molecule has 33 heavy (non-hydrogen) atoms. The van der Waals surface area contributed by atoms with Crippen LogP contribution >= 0.6 is 0 Å². The summed E-state index contributed by atoms with van der Waals surface area (Å²) < 4.78 is 18.8. The molecule has 4 aromatic rings. The van der Waals surface area contributed by atoms with Crippen LogP contribution in [0, 0.1) is 0 Å². The van der Waals surface area contributed by atoms with Gasteiger partial charge in [0.05, 0.1) is 39.1 Å². The minimum Gasteiger partial charge on any atom is -0.493 e. The van der Waals surface area contributed by atoms with Gasteiger partial charge in [0.2, 0.25) is 5.75 Å². The molecule has 2 aromatic carbocycles. The number of aliphatic hydroxyl groups is 1. The molecule has 1 amide bonds. The van der Waals surface area contributed by atoms with Crippen LogP contribution in [0.4, 0.5) is 0 Å². The van der Waals surface area contributed by atoms with Crippen molar-refractivity contribution in [2.45, 2.75) is 13.5 Å². The molecule has 0 saturated heterocycles. The van der Waals surface area contributed by atoms with Gasteiger partial charge in [-0.1, -0.05) is 18.2 Å². The molecule has 0 fully saturated rings. The second kappa shape index (κ2) is 9.38. The van der Waals surface area contributed by atoms with E-state index in [1.54, 1.807) is 27.4 Å². The monoisotopic (exact) mass is 449 g/mol. The summed E-state index contributed by atoms with van der Waals surface area (Å²) in [4.78, 5) is 17.6. The van der Waals surface area contributed by atoms with Gasteiger partial charge in [0.1, 0.15) is 5.69 Å². The molecule has 0 aliphatic carbocycles. The minimum absolute atomic E-state index is 0.148. The number of hydrogen-bond donors (Lipinski definition) is 2. The van der Waals surface area contributed by atoms with Crippen LogP contribution in [0.3, 0.4) is 0 Å². The maximum atomic E-state index is 12.8. The summed E-state index contributed by atoms with van der Waals surface area (Å²) in [5, 5.41) is 13.8. The van der Waals surface area contributed by atoms with Crippen LogP contribution < -0.4 is 19.5 Å². The van der Waals surface area contributed by atoms with E-state index in [9.17, 15) is 4.79 Å². The van der Waals surface area contributed by atoms with Crippen molar-refractivity contribution in [1.29, 1.82) is 0 Å². The van der Waals surface area contributed by atoms with Crippen LogP contribution in [0.1, 0.15) is 17.4 Å². The van der Waals surface area contributed by atoms with E-state index in [0.717, 1.165) is 33.9 Å². The first-order valence-electron chi connectivity index (χ1n) is 10.7. The lowest BCUT2D eigenvalue weighted by atomic mass is 10.0. The van der Waals surface area contributed by atoms with Gasteiger partial charge in [0.25, 0.3) is 5.91 Å². The number of nitrogens with zero attached hydrogens (tertiary/aromatic N) is 2. The van der Waals surface area contributed by atoms with E-state index in [0.29, 0.717) is 22.9 Å². The predicted octanol–water partition coefficient (Wildman–Crippen LogP) is 3.62. The van der Waals surface area contributed by atoms with Crippen LogP contribution in [-0.2, 0) is 6.54 Å². The molecule has 2 aromatic heterocycles. The molecule has 8 nitrogen and oxygen atoms in total. The molecule has 2 heterocycles. The van der Waals surface area contributed by atoms with Crippen LogP contribution in [0.2, 0.25) is 0 Å². The molecule has 0 radical (unpaired) electrons. The van der Waals surface area contributed by atoms with Crippen molar-refractivity contribution >= 4 is 27.7 Å². The van der Waals surface area contributed by atoms with E-state index in [-0.39, 0.29) is 24.8 Å². The second-order valence-corrected chi connectivity index (χ2v) is 7.41. The minimum atomic E-state index is -0.354. The van der Waals surface area contributed by atoms with Gasteiger partial charge >= 0.3 is 0 Å². The Bertz CT molecular complexity index is 1300. The molecular weight excluding hydrogens is 422 g/mol. The molecule has 0 spiro atoms. The molecule has 0 bridgehead atoms. The third-order valence-corrected chi connectivity index (χ3v) is 5.63. The fraction of sp³-hybridized carbons (Fsp3) is 0.280. The smallest absolute Gasteiger partial charge is 0.270 e. The normalized spacial score (nSPS) is 11.1. The Hall–Kier alpha value is -3.78.